The summed E-state index contributed by atoms with van der Waals surface area (Å²) in [7, 11) is -30.0. The topological polar surface area (TPSA) is 452 Å². The molecule has 28 nitrogen and oxygen atoms in total. The van der Waals surface area contributed by atoms with Crippen molar-refractivity contribution in [2.75, 3.05) is 21.3 Å². The summed E-state index contributed by atoms with van der Waals surface area (Å²) < 4.78 is 203. The molecule has 2 heterocycles. The van der Waals surface area contributed by atoms with Gasteiger partial charge in [0.2, 0.25) is 34.4 Å². The number of rotatable bonds is 16. The summed E-state index contributed by atoms with van der Waals surface area (Å²) in [5.41, 5.74) is -2.16. The highest BCUT2D eigenvalue weighted by molar-refractivity contribution is 7.87. The third-order valence-electron chi connectivity index (χ3n) is 8.30. The van der Waals surface area contributed by atoms with E-state index in [0.29, 0.717) is 36.4 Å². The largest absolute Gasteiger partial charge is 0.324 e. The molecule has 0 fully saturated rings. The van der Waals surface area contributed by atoms with Crippen molar-refractivity contribution in [3.05, 3.63) is 94.5 Å². The SMILES string of the molecule is O=S(=O)(O)c1ccc(S(=O)(=O)O)c(Nc2nc(Cl)nc(Nc3ccc(/C=C/c4ccc(Nc5nc(Cl)nc(Nc6cc(S(=O)(=O)O)ccc6S(=O)(=O)O)n5)cc4S(=O)(=O)O)c(S(=O)(=O)O)c3)n2)c1. The highest BCUT2D eigenvalue weighted by atomic mass is 35.5. The van der Waals surface area contributed by atoms with Crippen molar-refractivity contribution in [1.82, 2.24) is 29.9 Å². The molecule has 0 aliphatic carbocycles. The van der Waals surface area contributed by atoms with Crippen LogP contribution in [0.2, 0.25) is 10.6 Å². The molecule has 360 valence electrons. The lowest BCUT2D eigenvalue weighted by Gasteiger charge is -2.13. The maximum atomic E-state index is 12.5. The molecule has 0 amide bonds. The van der Waals surface area contributed by atoms with Crippen molar-refractivity contribution in [3.63, 3.8) is 0 Å². The lowest BCUT2D eigenvalue weighted by molar-refractivity contribution is 0.479. The van der Waals surface area contributed by atoms with Crippen LogP contribution in [-0.4, -0.2) is 108 Å². The Morgan fingerprint density at radius 1 is 0.368 bits per heavy atom. The number of benzene rings is 4. The first-order valence-corrected chi connectivity index (χ1v) is 26.6. The molecule has 6 rings (SSSR count). The first-order valence-electron chi connectivity index (χ1n) is 17.2. The Bertz CT molecular complexity index is 3550. The Morgan fingerprint density at radius 2 is 0.676 bits per heavy atom. The molecule has 2 aromatic heterocycles. The van der Waals surface area contributed by atoms with Crippen LogP contribution in [0.25, 0.3) is 12.2 Å². The van der Waals surface area contributed by atoms with Gasteiger partial charge in [-0.25, -0.2) is 0 Å². The molecule has 6 aromatic rings. The van der Waals surface area contributed by atoms with Gasteiger partial charge in [0.1, 0.15) is 19.6 Å². The third-order valence-corrected chi connectivity index (χ3v) is 14.0. The number of hydrogen-bond acceptors (Lipinski definition) is 22. The Hall–Kier alpha value is -6.12. The van der Waals surface area contributed by atoms with Crippen LogP contribution >= 0.6 is 23.2 Å². The lowest BCUT2D eigenvalue weighted by atomic mass is 10.1. The summed E-state index contributed by atoms with van der Waals surface area (Å²) in [6, 6.07) is 10.3. The van der Waals surface area contributed by atoms with E-state index < -0.39 is 136 Å². The number of aromatic nitrogens is 6. The maximum Gasteiger partial charge on any atom is 0.296 e. The minimum atomic E-state index is -5.10. The molecule has 0 unspecified atom stereocenters. The summed E-state index contributed by atoms with van der Waals surface area (Å²) in [4.78, 5) is 18.0. The monoisotopic (exact) mass is 1100 g/mol. The van der Waals surface area contributed by atoms with E-state index in [1.807, 2.05) is 0 Å². The van der Waals surface area contributed by atoms with Gasteiger partial charge in [0.05, 0.1) is 21.2 Å². The van der Waals surface area contributed by atoms with E-state index >= 15 is 0 Å². The molecule has 0 atom stereocenters. The molecule has 0 radical (unpaired) electrons. The zero-order valence-corrected chi connectivity index (χ0v) is 39.0. The van der Waals surface area contributed by atoms with Gasteiger partial charge in [-0.1, -0.05) is 24.3 Å². The van der Waals surface area contributed by atoms with Crippen molar-refractivity contribution in [3.8, 4) is 0 Å². The standard InChI is InChI=1S/C32H24Cl2N10O18S6/c33-27-39-29(43-31(41-27)37-21-13-19(63(45,46)47)7-9-23(21)65(51,52)53)35-17-5-3-15(25(11-17)67(57,58)59)1-2-16-4-6-18(12-26(16)68(60,61)62)36-30-40-28(34)42-32(44-30)38-22-14-20(64(48,49)50)8-10-24(22)66(54,55)56/h1-14H,(H,45,46,47)(H,48,49,50)(H,51,52,53)(H,54,55,56)(H,57,58,59)(H,60,61,62)(H2,35,37,39,41,43)(H2,36,38,40,42,44)/b2-1+. The summed E-state index contributed by atoms with van der Waals surface area (Å²) in [6.07, 6.45) is 2.06. The van der Waals surface area contributed by atoms with E-state index in [4.69, 9.17) is 23.2 Å². The lowest BCUT2D eigenvalue weighted by Crippen LogP contribution is -2.09. The average molecular weight is 1100 g/mol. The summed E-state index contributed by atoms with van der Waals surface area (Å²) >= 11 is 12.0. The molecular formula is C32H24Cl2N10O18S6. The number of halogens is 2. The van der Waals surface area contributed by atoms with Crippen molar-refractivity contribution in [2.24, 2.45) is 0 Å². The highest BCUT2D eigenvalue weighted by Crippen LogP contribution is 2.32. The predicted octanol–water partition coefficient (Wildman–Crippen LogP) is 3.99. The van der Waals surface area contributed by atoms with Gasteiger partial charge in [-0.2, -0.15) is 80.4 Å². The normalized spacial score (nSPS) is 12.8. The molecule has 0 aliphatic rings. The summed E-state index contributed by atoms with van der Waals surface area (Å²) in [5, 5.41) is 8.59. The van der Waals surface area contributed by atoms with Gasteiger partial charge in [-0.3, -0.25) is 27.3 Å². The van der Waals surface area contributed by atoms with Gasteiger partial charge in [-0.15, -0.1) is 0 Å². The molecule has 0 aliphatic heterocycles. The van der Waals surface area contributed by atoms with Gasteiger partial charge in [0, 0.05) is 11.4 Å². The van der Waals surface area contributed by atoms with E-state index in [-0.39, 0.29) is 22.5 Å². The predicted molar refractivity (Wildman–Crippen MR) is 236 cm³/mol. The molecular weight excluding hydrogens is 1080 g/mol. The Balaban J connectivity index is 1.28. The minimum Gasteiger partial charge on any atom is -0.324 e. The van der Waals surface area contributed by atoms with Crippen LogP contribution in [0.4, 0.5) is 46.5 Å². The van der Waals surface area contributed by atoms with Gasteiger partial charge in [0.25, 0.3) is 60.7 Å². The third kappa shape index (κ3) is 12.9. The number of nitrogens with one attached hydrogen (secondary N) is 4. The van der Waals surface area contributed by atoms with Crippen LogP contribution in [0, 0.1) is 0 Å². The smallest absolute Gasteiger partial charge is 0.296 e. The van der Waals surface area contributed by atoms with Crippen LogP contribution in [-0.2, 0) is 60.7 Å². The zero-order valence-electron chi connectivity index (χ0n) is 32.6. The molecule has 68 heavy (non-hydrogen) atoms. The van der Waals surface area contributed by atoms with Gasteiger partial charge in [0.15, 0.2) is 0 Å². The molecule has 36 heteroatoms. The van der Waals surface area contributed by atoms with Crippen molar-refractivity contribution >= 4 is 143 Å². The van der Waals surface area contributed by atoms with E-state index in [2.05, 4.69) is 51.2 Å². The van der Waals surface area contributed by atoms with E-state index in [0.717, 1.165) is 36.4 Å². The summed E-state index contributed by atoms with van der Waals surface area (Å²) in [6.45, 7) is 0. The van der Waals surface area contributed by atoms with Gasteiger partial charge < -0.3 is 21.3 Å². The zero-order chi connectivity index (χ0) is 50.4. The molecule has 0 saturated carbocycles. The quantitative estimate of drug-likeness (QED) is 0.0484. The highest BCUT2D eigenvalue weighted by Gasteiger charge is 2.24. The van der Waals surface area contributed by atoms with Crippen LogP contribution in [0.1, 0.15) is 11.1 Å². The van der Waals surface area contributed by atoms with Crippen molar-refractivity contribution < 1.29 is 77.8 Å². The van der Waals surface area contributed by atoms with Crippen LogP contribution in [0.5, 0.6) is 0 Å². The van der Waals surface area contributed by atoms with Crippen LogP contribution in [0.3, 0.4) is 0 Å². The Kier molecular flexibility index (Phi) is 14.1. The maximum absolute atomic E-state index is 12.5. The van der Waals surface area contributed by atoms with Crippen LogP contribution in [0.15, 0.2) is 102 Å². The molecule has 10 N–H and O–H groups in total. The minimum absolute atomic E-state index is 0.161. The molecule has 0 bridgehead atoms. The number of anilines is 8. The van der Waals surface area contributed by atoms with E-state index in [1.165, 1.54) is 12.1 Å². The first kappa shape index (κ1) is 51.3. The fourth-order valence-electron chi connectivity index (χ4n) is 5.53. The van der Waals surface area contributed by atoms with Gasteiger partial charge >= 0.3 is 0 Å². The van der Waals surface area contributed by atoms with Gasteiger partial charge in [-0.05, 0) is 95.0 Å². The molecule has 0 saturated heterocycles. The molecule has 0 spiro atoms. The van der Waals surface area contributed by atoms with Crippen molar-refractivity contribution in [2.45, 2.75) is 29.4 Å². The number of nitrogens with zero attached hydrogens (tertiary/aromatic N) is 6. The second-order valence-electron chi connectivity index (χ2n) is 13.0. The second kappa shape index (κ2) is 18.8. The first-order chi connectivity index (χ1) is 31.2. The van der Waals surface area contributed by atoms with E-state index in [1.54, 1.807) is 0 Å². The van der Waals surface area contributed by atoms with Crippen LogP contribution < -0.4 is 21.3 Å². The Labute approximate surface area is 393 Å². The fraction of sp³-hybridized carbons (Fsp3) is 0. The van der Waals surface area contributed by atoms with Crippen molar-refractivity contribution in [1.29, 1.82) is 0 Å². The number of hydrogen-bond donors (Lipinski definition) is 10. The van der Waals surface area contributed by atoms with E-state index in [9.17, 15) is 77.8 Å². The fourth-order valence-corrected chi connectivity index (χ4v) is 9.54. The Morgan fingerprint density at radius 3 is 0.971 bits per heavy atom. The molecule has 4 aromatic carbocycles. The average Bonchev–Trinajstić information content (AvgIpc) is 3.18. The second-order valence-corrected chi connectivity index (χ2v) is 22.1. The summed E-state index contributed by atoms with van der Waals surface area (Å²) in [5.74, 6) is -2.08.